The van der Waals surface area contributed by atoms with E-state index in [-0.39, 0.29) is 5.69 Å². The quantitative estimate of drug-likeness (QED) is 0.615. The van der Waals surface area contributed by atoms with Crippen molar-refractivity contribution < 1.29 is 40.2 Å². The van der Waals surface area contributed by atoms with Crippen molar-refractivity contribution in [3.05, 3.63) is 29.6 Å². The summed E-state index contributed by atoms with van der Waals surface area (Å²) in [5.74, 6) is -1.04. The Morgan fingerprint density at radius 1 is 1.19 bits per heavy atom. The van der Waals surface area contributed by atoms with E-state index in [1.165, 1.54) is 0 Å². The molecule has 1 heterocycles. The molecule has 26 heavy (non-hydrogen) atoms. The fourth-order valence-electron chi connectivity index (χ4n) is 2.62. The van der Waals surface area contributed by atoms with Crippen molar-refractivity contribution in [1.82, 2.24) is 0 Å². The first kappa shape index (κ1) is 20.1. The highest BCUT2D eigenvalue weighted by Gasteiger charge is 2.59. The largest absolute Gasteiger partial charge is 0.449 e. The molecule has 0 fully saturated rings. The summed E-state index contributed by atoms with van der Waals surface area (Å²) >= 11 is 0. The van der Waals surface area contributed by atoms with Gasteiger partial charge in [0.15, 0.2) is 0 Å². The molecule has 1 aromatic carbocycles. The van der Waals surface area contributed by atoms with E-state index >= 15 is 0 Å². The molecule has 0 amide bonds. The number of halogens is 7. The van der Waals surface area contributed by atoms with E-state index in [0.717, 1.165) is 25.1 Å². The number of nitrogens with two attached hydrogens (primary N) is 2. The third-order valence-electron chi connectivity index (χ3n) is 3.70. The average Bonchev–Trinajstić information content (AvgIpc) is 2.46. The number of nitrogens with zero attached hydrogens (tertiary/aromatic N) is 1. The molecule has 0 unspecified atom stereocenters. The first-order valence-corrected chi connectivity index (χ1v) is 7.06. The first-order chi connectivity index (χ1) is 11.7. The number of hydrogen-bond acceptors (Lipinski definition) is 5. The molecule has 1 aliphatic rings. The maximum Gasteiger partial charge on any atom is 0.428 e. The van der Waals surface area contributed by atoms with Gasteiger partial charge in [-0.05, 0) is 25.1 Å². The monoisotopic (exact) mass is 389 g/mol. The van der Waals surface area contributed by atoms with E-state index in [0.29, 0.717) is 0 Å². The summed E-state index contributed by atoms with van der Waals surface area (Å²) in [5.41, 5.74) is 7.96. The van der Waals surface area contributed by atoms with Gasteiger partial charge in [-0.3, -0.25) is 0 Å². The Morgan fingerprint density at radius 3 is 2.35 bits per heavy atom. The summed E-state index contributed by atoms with van der Waals surface area (Å²) < 4.78 is 101. The minimum absolute atomic E-state index is 0.0407. The van der Waals surface area contributed by atoms with Gasteiger partial charge < -0.3 is 20.9 Å². The molecule has 0 bridgehead atoms. The number of ether oxygens (including phenoxy) is 2. The van der Waals surface area contributed by atoms with Crippen molar-refractivity contribution in [2.75, 3.05) is 12.3 Å². The van der Waals surface area contributed by atoms with E-state index < -0.39 is 54.1 Å². The summed E-state index contributed by atoms with van der Waals surface area (Å²) in [6.45, 7) is -1.07. The molecule has 0 radical (unpaired) electrons. The van der Waals surface area contributed by atoms with Gasteiger partial charge in [-0.25, -0.2) is 9.38 Å². The summed E-state index contributed by atoms with van der Waals surface area (Å²) in [6.07, 6.45) is -15.4. The van der Waals surface area contributed by atoms with Gasteiger partial charge >= 0.3 is 12.4 Å². The number of benzene rings is 1. The Balaban J connectivity index is 2.60. The third-order valence-corrected chi connectivity index (χ3v) is 3.70. The van der Waals surface area contributed by atoms with Crippen LogP contribution >= 0.6 is 0 Å². The lowest BCUT2D eigenvalue weighted by Crippen LogP contribution is -2.58. The van der Waals surface area contributed by atoms with Crippen LogP contribution in [0.4, 0.5) is 36.4 Å². The van der Waals surface area contributed by atoms with Gasteiger partial charge in [-0.1, -0.05) is 0 Å². The molecule has 1 aromatic rings. The number of nitrogen functional groups attached to an aromatic ring is 1. The molecular weight excluding hydrogens is 375 g/mol. The van der Waals surface area contributed by atoms with Crippen molar-refractivity contribution in [3.8, 4) is 0 Å². The number of aliphatic imine (C=N–C) groups is 1. The summed E-state index contributed by atoms with van der Waals surface area (Å²) in [7, 11) is 0. The molecule has 0 aliphatic carbocycles. The van der Waals surface area contributed by atoms with Gasteiger partial charge in [0.25, 0.3) is 6.02 Å². The van der Waals surface area contributed by atoms with E-state index in [9.17, 15) is 30.7 Å². The molecule has 0 saturated carbocycles. The van der Waals surface area contributed by atoms with Crippen LogP contribution in [0, 0.1) is 5.82 Å². The van der Waals surface area contributed by atoms with Gasteiger partial charge in [0.2, 0.25) is 6.10 Å². The molecule has 0 spiro atoms. The van der Waals surface area contributed by atoms with Gasteiger partial charge in [0.1, 0.15) is 24.1 Å². The zero-order valence-corrected chi connectivity index (χ0v) is 13.2. The van der Waals surface area contributed by atoms with Crippen LogP contribution in [-0.2, 0) is 15.0 Å². The molecule has 5 nitrogen and oxygen atoms in total. The van der Waals surface area contributed by atoms with Crippen molar-refractivity contribution in [3.63, 3.8) is 0 Å². The molecule has 12 heteroatoms. The summed E-state index contributed by atoms with van der Waals surface area (Å²) in [5, 5.41) is 0. The Morgan fingerprint density at radius 2 is 1.81 bits per heavy atom. The SMILES string of the molecule is C[C@]1(c2cc(N)ccc2F)N=C(N)O[C@H](C(F)(F)F)[C@@H]1OCC(F)(F)F. The molecule has 2 rings (SSSR count). The fraction of sp³-hybridized carbons (Fsp3) is 0.500. The summed E-state index contributed by atoms with van der Waals surface area (Å²) in [4.78, 5) is 3.62. The molecular formula is C14H14F7N3O2. The van der Waals surface area contributed by atoms with Crippen molar-refractivity contribution in [2.24, 2.45) is 10.7 Å². The van der Waals surface area contributed by atoms with Crippen LogP contribution in [-0.4, -0.2) is 37.2 Å². The highest BCUT2D eigenvalue weighted by Crippen LogP contribution is 2.43. The number of anilines is 1. The first-order valence-electron chi connectivity index (χ1n) is 7.06. The predicted molar refractivity (Wildman–Crippen MR) is 76.5 cm³/mol. The van der Waals surface area contributed by atoms with Crippen molar-refractivity contribution >= 4 is 11.7 Å². The Kier molecular flexibility index (Phi) is 5.01. The minimum Gasteiger partial charge on any atom is -0.449 e. The topological polar surface area (TPSA) is 82.9 Å². The second-order valence-electron chi connectivity index (χ2n) is 5.76. The van der Waals surface area contributed by atoms with Crippen LogP contribution < -0.4 is 11.5 Å². The smallest absolute Gasteiger partial charge is 0.428 e. The lowest BCUT2D eigenvalue weighted by Gasteiger charge is -2.42. The zero-order chi connectivity index (χ0) is 19.9. The van der Waals surface area contributed by atoms with Crippen LogP contribution in [0.25, 0.3) is 0 Å². The molecule has 3 atom stereocenters. The highest BCUT2D eigenvalue weighted by molar-refractivity contribution is 5.73. The van der Waals surface area contributed by atoms with Gasteiger partial charge in [0, 0.05) is 11.3 Å². The molecule has 0 saturated heterocycles. The van der Waals surface area contributed by atoms with Crippen LogP contribution in [0.3, 0.4) is 0 Å². The van der Waals surface area contributed by atoms with Crippen LogP contribution in [0.2, 0.25) is 0 Å². The predicted octanol–water partition coefficient (Wildman–Crippen LogP) is 2.85. The van der Waals surface area contributed by atoms with Gasteiger partial charge in [-0.15, -0.1) is 0 Å². The maximum absolute atomic E-state index is 14.2. The van der Waals surface area contributed by atoms with Crippen molar-refractivity contribution in [2.45, 2.75) is 37.0 Å². The lowest BCUT2D eigenvalue weighted by atomic mass is 9.82. The van der Waals surface area contributed by atoms with Gasteiger partial charge in [-0.2, -0.15) is 26.3 Å². The Bertz CT molecular complexity index is 705. The summed E-state index contributed by atoms with van der Waals surface area (Å²) in [6, 6.07) is 1.96. The van der Waals surface area contributed by atoms with Crippen LogP contribution in [0.1, 0.15) is 12.5 Å². The number of amidine groups is 1. The van der Waals surface area contributed by atoms with Crippen molar-refractivity contribution in [1.29, 1.82) is 0 Å². The second-order valence-corrected chi connectivity index (χ2v) is 5.76. The highest BCUT2D eigenvalue weighted by atomic mass is 19.4. The van der Waals surface area contributed by atoms with E-state index in [4.69, 9.17) is 11.5 Å². The minimum atomic E-state index is -5.16. The van der Waals surface area contributed by atoms with E-state index in [2.05, 4.69) is 14.5 Å². The standard InChI is InChI=1S/C14H14F7N3O2/c1-12(7-4-6(22)2-3-8(7)15)9(25-5-13(16,17)18)10(14(19,20)21)26-11(23)24-12/h2-4,9-10H,5,22H2,1H3,(H2,23,24)/t9-,10-,12+/m0/s1. The lowest BCUT2D eigenvalue weighted by molar-refractivity contribution is -0.266. The van der Waals surface area contributed by atoms with E-state index in [1.807, 2.05) is 0 Å². The number of rotatable bonds is 3. The third kappa shape index (κ3) is 4.11. The Labute approximate surface area is 142 Å². The Hall–Kier alpha value is -2.24. The number of hydrogen-bond donors (Lipinski definition) is 2. The normalized spacial score (nSPS) is 27.0. The van der Waals surface area contributed by atoms with Crippen LogP contribution in [0.5, 0.6) is 0 Å². The van der Waals surface area contributed by atoms with Gasteiger partial charge in [0.05, 0.1) is 0 Å². The molecule has 146 valence electrons. The second kappa shape index (κ2) is 6.49. The number of alkyl halides is 6. The zero-order valence-electron chi connectivity index (χ0n) is 13.2. The molecule has 4 N–H and O–H groups in total. The maximum atomic E-state index is 14.2. The average molecular weight is 389 g/mol. The molecule has 1 aliphatic heterocycles. The van der Waals surface area contributed by atoms with Crippen LogP contribution in [0.15, 0.2) is 23.2 Å². The van der Waals surface area contributed by atoms with E-state index in [1.54, 1.807) is 0 Å². The molecule has 0 aromatic heterocycles. The fourth-order valence-corrected chi connectivity index (χ4v) is 2.62.